The highest BCUT2D eigenvalue weighted by atomic mass is 16.6. The number of aromatic nitrogens is 1. The average molecular weight is 377 g/mol. The predicted octanol–water partition coefficient (Wildman–Crippen LogP) is 4.57. The van der Waals surface area contributed by atoms with Gasteiger partial charge in [0.15, 0.2) is 0 Å². The Hall–Kier alpha value is -2.79. The molecule has 4 rings (SSSR count). The number of hydrogen-bond donors (Lipinski definition) is 1. The van der Waals surface area contributed by atoms with Crippen molar-refractivity contribution in [3.63, 3.8) is 0 Å². The van der Waals surface area contributed by atoms with Gasteiger partial charge in [0.2, 0.25) is 0 Å². The summed E-state index contributed by atoms with van der Waals surface area (Å²) in [6.45, 7) is 3.28. The van der Waals surface area contributed by atoms with Gasteiger partial charge in [-0.05, 0) is 37.6 Å². The lowest BCUT2D eigenvalue weighted by Crippen LogP contribution is -2.38. The fraction of sp³-hybridized carbons (Fsp3) is 0.348. The molecule has 0 aliphatic carbocycles. The summed E-state index contributed by atoms with van der Waals surface area (Å²) in [5.74, 6) is 0. The second-order valence-electron chi connectivity index (χ2n) is 7.46. The van der Waals surface area contributed by atoms with Gasteiger partial charge >= 0.3 is 6.09 Å². The number of para-hydroxylation sites is 1. The third-order valence-electron chi connectivity index (χ3n) is 5.57. The lowest BCUT2D eigenvalue weighted by atomic mass is 10.0. The van der Waals surface area contributed by atoms with Crippen LogP contribution in [0.3, 0.4) is 0 Å². The van der Waals surface area contributed by atoms with E-state index in [0.717, 1.165) is 41.7 Å². The van der Waals surface area contributed by atoms with E-state index in [4.69, 9.17) is 4.74 Å². The van der Waals surface area contributed by atoms with Gasteiger partial charge in [0.25, 0.3) is 0 Å². The first-order chi connectivity index (χ1) is 13.7. The smallest absolute Gasteiger partial charge is 0.410 e. The maximum absolute atomic E-state index is 12.8. The summed E-state index contributed by atoms with van der Waals surface area (Å²) in [7, 11) is 1.84. The van der Waals surface area contributed by atoms with Crippen molar-refractivity contribution in [2.24, 2.45) is 0 Å². The number of H-pyrrole nitrogens is 1. The summed E-state index contributed by atoms with van der Waals surface area (Å²) in [4.78, 5) is 20.4. The largest absolute Gasteiger partial charge is 0.445 e. The Morgan fingerprint density at radius 3 is 2.61 bits per heavy atom. The molecule has 1 aliphatic rings. The van der Waals surface area contributed by atoms with Crippen molar-refractivity contribution in [1.29, 1.82) is 0 Å². The summed E-state index contributed by atoms with van der Waals surface area (Å²) in [5.41, 5.74) is 3.23. The Bertz CT molecular complexity index is 916. The van der Waals surface area contributed by atoms with Crippen LogP contribution in [0.4, 0.5) is 4.79 Å². The number of carbonyl (C=O) groups is 1. The Labute approximate surface area is 165 Å². The van der Waals surface area contributed by atoms with Crippen molar-refractivity contribution in [3.05, 3.63) is 71.9 Å². The number of fused-ring (bicyclic) bond motifs is 1. The van der Waals surface area contributed by atoms with Crippen LogP contribution in [-0.2, 0) is 11.3 Å². The second kappa shape index (κ2) is 8.48. The summed E-state index contributed by atoms with van der Waals surface area (Å²) in [6.07, 6.45) is 4.19. The molecule has 0 unspecified atom stereocenters. The van der Waals surface area contributed by atoms with Gasteiger partial charge < -0.3 is 19.5 Å². The number of likely N-dealkylation sites (tertiary alicyclic amines) is 1. The molecule has 146 valence electrons. The van der Waals surface area contributed by atoms with Crippen LogP contribution in [-0.4, -0.2) is 47.6 Å². The molecule has 0 saturated carbocycles. The van der Waals surface area contributed by atoms with Gasteiger partial charge in [0, 0.05) is 36.3 Å². The summed E-state index contributed by atoms with van der Waals surface area (Å²) in [6, 6.07) is 18.0. The zero-order valence-electron chi connectivity index (χ0n) is 16.3. The van der Waals surface area contributed by atoms with Crippen LogP contribution < -0.4 is 0 Å². The van der Waals surface area contributed by atoms with Gasteiger partial charge in [-0.1, -0.05) is 48.5 Å². The second-order valence-corrected chi connectivity index (χ2v) is 7.46. The van der Waals surface area contributed by atoms with E-state index in [2.05, 4.69) is 22.0 Å². The minimum atomic E-state index is -0.293. The summed E-state index contributed by atoms with van der Waals surface area (Å²) in [5, 5.41) is 1.16. The molecule has 5 heteroatoms. The normalized spacial score (nSPS) is 15.6. The van der Waals surface area contributed by atoms with E-state index in [-0.39, 0.29) is 18.7 Å². The molecule has 2 heterocycles. The van der Waals surface area contributed by atoms with Gasteiger partial charge in [-0.3, -0.25) is 0 Å². The number of carbonyl (C=O) groups excluding carboxylic acids is 1. The Balaban J connectivity index is 1.54. The first-order valence-corrected chi connectivity index (χ1v) is 9.94. The highest BCUT2D eigenvalue weighted by Gasteiger charge is 2.28. The summed E-state index contributed by atoms with van der Waals surface area (Å²) < 4.78 is 5.60. The molecule has 1 atom stereocenters. The quantitative estimate of drug-likeness (QED) is 0.684. The molecule has 1 aromatic heterocycles. The molecule has 0 bridgehead atoms. The number of nitrogens with zero attached hydrogens (tertiary/aromatic N) is 2. The molecule has 0 spiro atoms. The summed E-state index contributed by atoms with van der Waals surface area (Å²) >= 11 is 0. The maximum Gasteiger partial charge on any atom is 0.410 e. The van der Waals surface area contributed by atoms with E-state index in [1.807, 2.05) is 55.7 Å². The van der Waals surface area contributed by atoms with Crippen LogP contribution in [0, 0.1) is 0 Å². The molecule has 1 aliphatic heterocycles. The number of benzene rings is 2. The van der Waals surface area contributed by atoms with Crippen LogP contribution in [0.25, 0.3) is 10.9 Å². The van der Waals surface area contributed by atoms with Crippen LogP contribution in [0.5, 0.6) is 0 Å². The minimum Gasteiger partial charge on any atom is -0.445 e. The van der Waals surface area contributed by atoms with Crippen molar-refractivity contribution < 1.29 is 9.53 Å². The fourth-order valence-corrected chi connectivity index (χ4v) is 3.96. The highest BCUT2D eigenvalue weighted by molar-refractivity contribution is 5.84. The fourth-order valence-electron chi connectivity index (χ4n) is 3.96. The van der Waals surface area contributed by atoms with Crippen molar-refractivity contribution in [2.75, 3.05) is 26.7 Å². The maximum atomic E-state index is 12.8. The van der Waals surface area contributed by atoms with E-state index in [9.17, 15) is 4.79 Å². The Morgan fingerprint density at radius 1 is 1.11 bits per heavy atom. The monoisotopic (exact) mass is 377 g/mol. The average Bonchev–Trinajstić information content (AvgIpc) is 3.40. The van der Waals surface area contributed by atoms with Crippen LogP contribution in [0.15, 0.2) is 60.8 Å². The van der Waals surface area contributed by atoms with Gasteiger partial charge in [0.1, 0.15) is 6.61 Å². The van der Waals surface area contributed by atoms with Crippen molar-refractivity contribution >= 4 is 17.0 Å². The van der Waals surface area contributed by atoms with Gasteiger partial charge in [-0.25, -0.2) is 4.79 Å². The molecule has 2 aromatic carbocycles. The molecule has 1 fully saturated rings. The molecule has 1 amide bonds. The minimum absolute atomic E-state index is 0.0578. The SMILES string of the molecule is CN(C(=O)OCc1ccccc1)[C@@H](CN1CCCC1)c1c[nH]c2ccccc12. The van der Waals surface area contributed by atoms with E-state index in [1.54, 1.807) is 4.90 Å². The number of aromatic amines is 1. The topological polar surface area (TPSA) is 48.6 Å². The van der Waals surface area contributed by atoms with Crippen LogP contribution in [0.1, 0.15) is 30.0 Å². The standard InChI is InChI=1S/C23H27N3O2/c1-25(23(27)28-17-18-9-3-2-4-10-18)22(16-26-13-7-8-14-26)20-15-24-21-12-6-5-11-19(20)21/h2-6,9-12,15,22,24H,7-8,13-14,16-17H2,1H3/t22-/m0/s1. The molecule has 28 heavy (non-hydrogen) atoms. The van der Waals surface area contributed by atoms with Gasteiger partial charge in [-0.2, -0.15) is 0 Å². The first-order valence-electron chi connectivity index (χ1n) is 9.94. The van der Waals surface area contributed by atoms with Crippen molar-refractivity contribution in [2.45, 2.75) is 25.5 Å². The lowest BCUT2D eigenvalue weighted by Gasteiger charge is -2.31. The van der Waals surface area contributed by atoms with Crippen molar-refractivity contribution in [3.8, 4) is 0 Å². The number of nitrogens with one attached hydrogen (secondary N) is 1. The molecular weight excluding hydrogens is 350 g/mol. The first kappa shape index (κ1) is 18.6. The van der Waals surface area contributed by atoms with Crippen LogP contribution >= 0.6 is 0 Å². The van der Waals surface area contributed by atoms with E-state index in [1.165, 1.54) is 12.8 Å². The number of ether oxygens (including phenoxy) is 1. The van der Waals surface area contributed by atoms with Crippen molar-refractivity contribution in [1.82, 2.24) is 14.8 Å². The number of amides is 1. The lowest BCUT2D eigenvalue weighted by molar-refractivity contribution is 0.0836. The zero-order chi connectivity index (χ0) is 19.3. The molecule has 5 nitrogen and oxygen atoms in total. The molecule has 0 radical (unpaired) electrons. The molecular formula is C23H27N3O2. The highest BCUT2D eigenvalue weighted by Crippen LogP contribution is 2.30. The number of rotatable bonds is 6. The number of hydrogen-bond acceptors (Lipinski definition) is 3. The predicted molar refractivity (Wildman–Crippen MR) is 111 cm³/mol. The number of likely N-dealkylation sites (N-methyl/N-ethyl adjacent to an activating group) is 1. The Kier molecular flexibility index (Phi) is 5.63. The molecule has 1 N–H and O–H groups in total. The third-order valence-corrected chi connectivity index (χ3v) is 5.57. The third kappa shape index (κ3) is 4.04. The Morgan fingerprint density at radius 2 is 1.82 bits per heavy atom. The molecule has 3 aromatic rings. The van der Waals surface area contributed by atoms with E-state index < -0.39 is 0 Å². The van der Waals surface area contributed by atoms with E-state index in [0.29, 0.717) is 0 Å². The van der Waals surface area contributed by atoms with Gasteiger partial charge in [-0.15, -0.1) is 0 Å². The van der Waals surface area contributed by atoms with Crippen LogP contribution in [0.2, 0.25) is 0 Å². The van der Waals surface area contributed by atoms with E-state index >= 15 is 0 Å². The molecule has 1 saturated heterocycles. The zero-order valence-corrected chi connectivity index (χ0v) is 16.3. The van der Waals surface area contributed by atoms with Gasteiger partial charge in [0.05, 0.1) is 6.04 Å².